The predicted molar refractivity (Wildman–Crippen MR) is 82.0 cm³/mol. The van der Waals surface area contributed by atoms with Crippen molar-refractivity contribution >= 4 is 33.6 Å². The number of carboxylic acid groups (broad SMARTS) is 1. The van der Waals surface area contributed by atoms with E-state index in [9.17, 15) is 9.59 Å². The first-order valence-electron chi connectivity index (χ1n) is 6.27. The summed E-state index contributed by atoms with van der Waals surface area (Å²) >= 11 is 3.40. The van der Waals surface area contributed by atoms with E-state index in [2.05, 4.69) is 26.6 Å². The smallest absolute Gasteiger partial charge is 0.319 e. The molecule has 0 aliphatic carbocycles. The second-order valence-corrected chi connectivity index (χ2v) is 6.18. The zero-order valence-corrected chi connectivity index (χ0v) is 13.4. The van der Waals surface area contributed by atoms with E-state index in [0.29, 0.717) is 12.1 Å². The van der Waals surface area contributed by atoms with Crippen LogP contribution in [-0.4, -0.2) is 22.6 Å². The Kier molecular flexibility index (Phi) is 5.56. The van der Waals surface area contributed by atoms with Gasteiger partial charge in [-0.3, -0.25) is 4.79 Å². The summed E-state index contributed by atoms with van der Waals surface area (Å²) in [7, 11) is 0. The molecule has 0 heterocycles. The lowest BCUT2D eigenvalue weighted by Crippen LogP contribution is -2.45. The van der Waals surface area contributed by atoms with E-state index in [0.717, 1.165) is 10.0 Å². The molecule has 0 spiro atoms. The van der Waals surface area contributed by atoms with E-state index in [4.69, 9.17) is 5.11 Å². The van der Waals surface area contributed by atoms with Gasteiger partial charge in [-0.05, 0) is 44.9 Å². The zero-order chi connectivity index (χ0) is 15.3. The summed E-state index contributed by atoms with van der Waals surface area (Å²) in [6, 6.07) is 5.18. The van der Waals surface area contributed by atoms with Crippen molar-refractivity contribution in [2.45, 2.75) is 39.2 Å². The Morgan fingerprint density at radius 3 is 2.55 bits per heavy atom. The predicted octanol–water partition coefficient (Wildman–Crippen LogP) is 3.52. The van der Waals surface area contributed by atoms with E-state index in [1.807, 2.05) is 25.1 Å². The number of nitrogens with one attached hydrogen (secondary N) is 2. The first-order valence-corrected chi connectivity index (χ1v) is 7.06. The molecule has 0 fully saturated rings. The highest BCUT2D eigenvalue weighted by molar-refractivity contribution is 9.10. The van der Waals surface area contributed by atoms with Crippen LogP contribution in [0, 0.1) is 6.92 Å². The van der Waals surface area contributed by atoms with Gasteiger partial charge in [0, 0.05) is 22.1 Å². The highest BCUT2D eigenvalue weighted by atomic mass is 79.9. The molecular weight excluding hydrogens is 324 g/mol. The van der Waals surface area contributed by atoms with Gasteiger partial charge in [-0.15, -0.1) is 0 Å². The first-order chi connectivity index (χ1) is 9.19. The third-order valence-electron chi connectivity index (χ3n) is 2.85. The van der Waals surface area contributed by atoms with Gasteiger partial charge in [0.25, 0.3) is 0 Å². The Bertz CT molecular complexity index is 515. The topological polar surface area (TPSA) is 78.4 Å². The van der Waals surface area contributed by atoms with Crippen LogP contribution in [0.4, 0.5) is 10.5 Å². The Labute approximate surface area is 126 Å². The zero-order valence-electron chi connectivity index (χ0n) is 11.8. The summed E-state index contributed by atoms with van der Waals surface area (Å²) in [6.07, 6.45) is 0.386. The van der Waals surface area contributed by atoms with Crippen LogP contribution in [0.1, 0.15) is 32.3 Å². The Morgan fingerprint density at radius 1 is 1.35 bits per heavy atom. The number of aryl methyl sites for hydroxylation is 1. The number of halogens is 1. The molecule has 0 unspecified atom stereocenters. The molecule has 1 aromatic carbocycles. The maximum atomic E-state index is 11.9. The van der Waals surface area contributed by atoms with Gasteiger partial charge in [0.05, 0.1) is 0 Å². The molecule has 20 heavy (non-hydrogen) atoms. The maximum absolute atomic E-state index is 11.9. The standard InChI is InChI=1S/C14H19BrN2O3/c1-9-4-5-10(8-11(9)15)16-13(20)17-14(2,3)7-6-12(18)19/h4-5,8H,6-7H2,1-3H3,(H,18,19)(H2,16,17,20). The molecule has 1 aromatic rings. The quantitative estimate of drug-likeness (QED) is 0.765. The molecule has 0 saturated carbocycles. The third-order valence-corrected chi connectivity index (χ3v) is 3.70. The van der Waals surface area contributed by atoms with Crippen molar-refractivity contribution in [2.75, 3.05) is 5.32 Å². The number of anilines is 1. The molecule has 0 bridgehead atoms. The molecule has 0 aromatic heterocycles. The summed E-state index contributed by atoms with van der Waals surface area (Å²) < 4.78 is 0.917. The van der Waals surface area contributed by atoms with E-state index >= 15 is 0 Å². The third kappa shape index (κ3) is 5.61. The van der Waals surface area contributed by atoms with E-state index < -0.39 is 11.5 Å². The highest BCUT2D eigenvalue weighted by Gasteiger charge is 2.21. The molecule has 0 saturated heterocycles. The minimum absolute atomic E-state index is 0.0172. The molecule has 0 aliphatic rings. The SMILES string of the molecule is Cc1ccc(NC(=O)NC(C)(C)CCC(=O)O)cc1Br. The second-order valence-electron chi connectivity index (χ2n) is 5.32. The fraction of sp³-hybridized carbons (Fsp3) is 0.429. The van der Waals surface area contributed by atoms with Crippen molar-refractivity contribution < 1.29 is 14.7 Å². The van der Waals surface area contributed by atoms with Gasteiger partial charge in [0.1, 0.15) is 0 Å². The molecule has 2 amide bonds. The van der Waals surface area contributed by atoms with Crippen molar-refractivity contribution in [3.63, 3.8) is 0 Å². The number of hydrogen-bond donors (Lipinski definition) is 3. The lowest BCUT2D eigenvalue weighted by molar-refractivity contribution is -0.137. The second kappa shape index (κ2) is 6.74. The van der Waals surface area contributed by atoms with Gasteiger partial charge < -0.3 is 15.7 Å². The monoisotopic (exact) mass is 342 g/mol. The van der Waals surface area contributed by atoms with Gasteiger partial charge in [-0.2, -0.15) is 0 Å². The molecule has 1 rings (SSSR count). The Hall–Kier alpha value is -1.56. The van der Waals surface area contributed by atoms with Crippen molar-refractivity contribution in [3.8, 4) is 0 Å². The number of amides is 2. The first kappa shape index (κ1) is 16.5. The summed E-state index contributed by atoms with van der Waals surface area (Å²) in [5, 5.41) is 14.2. The number of carboxylic acids is 1. The Balaban J connectivity index is 2.58. The number of carbonyl (C=O) groups is 2. The molecule has 5 nitrogen and oxygen atoms in total. The van der Waals surface area contributed by atoms with Crippen LogP contribution in [0.25, 0.3) is 0 Å². The van der Waals surface area contributed by atoms with Crippen LogP contribution in [0.5, 0.6) is 0 Å². The number of aliphatic carboxylic acids is 1. The van der Waals surface area contributed by atoms with Crippen molar-refractivity contribution in [1.82, 2.24) is 5.32 Å². The van der Waals surface area contributed by atoms with Crippen molar-refractivity contribution in [1.29, 1.82) is 0 Å². The fourth-order valence-corrected chi connectivity index (χ4v) is 2.00. The average Bonchev–Trinajstić information content (AvgIpc) is 2.31. The fourth-order valence-electron chi connectivity index (χ4n) is 1.62. The number of hydrogen-bond acceptors (Lipinski definition) is 2. The molecule has 6 heteroatoms. The van der Waals surface area contributed by atoms with Gasteiger partial charge >= 0.3 is 12.0 Å². The summed E-state index contributed by atoms with van der Waals surface area (Å²) in [6.45, 7) is 5.55. The van der Waals surface area contributed by atoms with Crippen LogP contribution in [-0.2, 0) is 4.79 Å². The maximum Gasteiger partial charge on any atom is 0.319 e. The molecule has 0 aliphatic heterocycles. The highest BCUT2D eigenvalue weighted by Crippen LogP contribution is 2.20. The van der Waals surface area contributed by atoms with Crippen LogP contribution in [0.2, 0.25) is 0 Å². The Morgan fingerprint density at radius 2 is 2.00 bits per heavy atom. The summed E-state index contributed by atoms with van der Waals surface area (Å²) in [4.78, 5) is 22.4. The normalized spacial score (nSPS) is 11.0. The van der Waals surface area contributed by atoms with Gasteiger partial charge in [-0.25, -0.2) is 4.79 Å². The molecular formula is C14H19BrN2O3. The van der Waals surface area contributed by atoms with Crippen LogP contribution in [0.15, 0.2) is 22.7 Å². The minimum Gasteiger partial charge on any atom is -0.481 e. The van der Waals surface area contributed by atoms with Crippen LogP contribution >= 0.6 is 15.9 Å². The number of benzene rings is 1. The lowest BCUT2D eigenvalue weighted by Gasteiger charge is -2.25. The van der Waals surface area contributed by atoms with E-state index in [1.54, 1.807) is 13.8 Å². The minimum atomic E-state index is -0.872. The van der Waals surface area contributed by atoms with Gasteiger partial charge in [-0.1, -0.05) is 22.0 Å². The molecule has 0 radical (unpaired) electrons. The average molecular weight is 343 g/mol. The largest absolute Gasteiger partial charge is 0.481 e. The van der Waals surface area contributed by atoms with E-state index in [1.165, 1.54) is 0 Å². The van der Waals surface area contributed by atoms with Crippen LogP contribution < -0.4 is 10.6 Å². The van der Waals surface area contributed by atoms with Crippen molar-refractivity contribution in [2.24, 2.45) is 0 Å². The molecule has 110 valence electrons. The van der Waals surface area contributed by atoms with E-state index in [-0.39, 0.29) is 12.5 Å². The van der Waals surface area contributed by atoms with Gasteiger partial charge in [0.2, 0.25) is 0 Å². The summed E-state index contributed by atoms with van der Waals surface area (Å²) in [5.41, 5.74) is 1.18. The molecule has 0 atom stereocenters. The lowest BCUT2D eigenvalue weighted by atomic mass is 9.99. The number of urea groups is 1. The number of carbonyl (C=O) groups excluding carboxylic acids is 1. The van der Waals surface area contributed by atoms with Crippen LogP contribution in [0.3, 0.4) is 0 Å². The summed E-state index contributed by atoms with van der Waals surface area (Å²) in [5.74, 6) is -0.872. The number of rotatable bonds is 5. The molecule has 3 N–H and O–H groups in total. The van der Waals surface area contributed by atoms with Crippen molar-refractivity contribution in [3.05, 3.63) is 28.2 Å². The van der Waals surface area contributed by atoms with Gasteiger partial charge in [0.15, 0.2) is 0 Å².